The number of carbonyl (C=O) groups is 2. The van der Waals surface area contributed by atoms with Crippen LogP contribution in [0.25, 0.3) is 21.9 Å². The molecule has 4 aromatic rings. The number of aliphatic carboxylic acids is 1. The molecule has 1 aromatic heterocycles. The fraction of sp³-hybridized carbons (Fsp3) is 0.200. The fourth-order valence-corrected chi connectivity index (χ4v) is 5.10. The molecule has 2 amide bonds. The standard InChI is InChI=1S/C25H22F3N3O7S/c1-13(2)22(23(32)33)31-39(35,36)17-8-9-18-19-11-15(5-10-20(19)37-21(18)12-17)30-24(34)29-14-3-6-16(7-4-14)38-25(26,27)28/h3-13,22,31H,1-2H3,(H,32,33)(H2,29,30,34)/t22-/m0/s1. The lowest BCUT2D eigenvalue weighted by Gasteiger charge is -2.17. The van der Waals surface area contributed by atoms with Gasteiger partial charge in [0.25, 0.3) is 0 Å². The number of rotatable bonds is 8. The third-order valence-electron chi connectivity index (χ3n) is 5.57. The van der Waals surface area contributed by atoms with E-state index in [9.17, 15) is 36.3 Å². The second kappa shape index (κ2) is 10.5. The molecule has 0 spiro atoms. The van der Waals surface area contributed by atoms with Crippen LogP contribution in [0.5, 0.6) is 5.75 Å². The summed E-state index contributed by atoms with van der Waals surface area (Å²) < 4.78 is 74.2. The number of alkyl halides is 3. The van der Waals surface area contributed by atoms with E-state index >= 15 is 0 Å². The minimum Gasteiger partial charge on any atom is -0.480 e. The summed E-state index contributed by atoms with van der Waals surface area (Å²) in [6.07, 6.45) is -4.83. The minimum atomic E-state index is -4.83. The van der Waals surface area contributed by atoms with Gasteiger partial charge in [-0.1, -0.05) is 13.8 Å². The highest BCUT2D eigenvalue weighted by atomic mass is 32.2. The van der Waals surface area contributed by atoms with E-state index in [1.54, 1.807) is 32.0 Å². The van der Waals surface area contributed by atoms with Crippen molar-refractivity contribution in [3.05, 3.63) is 60.7 Å². The van der Waals surface area contributed by atoms with Gasteiger partial charge in [-0.3, -0.25) is 4.79 Å². The molecular formula is C25H22F3N3O7S. The van der Waals surface area contributed by atoms with Crippen molar-refractivity contribution in [2.24, 2.45) is 5.92 Å². The van der Waals surface area contributed by atoms with E-state index in [1.807, 2.05) is 0 Å². The highest BCUT2D eigenvalue weighted by Crippen LogP contribution is 2.32. The average Bonchev–Trinajstić information content (AvgIpc) is 3.20. The third kappa shape index (κ3) is 6.59. The van der Waals surface area contributed by atoms with E-state index in [1.165, 1.54) is 30.3 Å². The summed E-state index contributed by atoms with van der Waals surface area (Å²) in [5.41, 5.74) is 1.22. The molecule has 0 unspecified atom stereocenters. The van der Waals surface area contributed by atoms with Gasteiger partial charge in [-0.15, -0.1) is 13.2 Å². The molecule has 0 saturated carbocycles. The van der Waals surface area contributed by atoms with Crippen molar-refractivity contribution in [1.82, 2.24) is 4.72 Å². The van der Waals surface area contributed by atoms with Crippen molar-refractivity contribution in [2.45, 2.75) is 31.1 Å². The van der Waals surface area contributed by atoms with Crippen LogP contribution in [-0.4, -0.2) is 37.9 Å². The average molecular weight is 566 g/mol. The first kappa shape index (κ1) is 27.7. The quantitative estimate of drug-likeness (QED) is 0.220. The molecular weight excluding hydrogens is 543 g/mol. The number of urea groups is 1. The maximum absolute atomic E-state index is 12.8. The summed E-state index contributed by atoms with van der Waals surface area (Å²) in [5.74, 6) is -2.22. The number of amides is 2. The van der Waals surface area contributed by atoms with E-state index in [0.29, 0.717) is 22.0 Å². The van der Waals surface area contributed by atoms with E-state index in [2.05, 4.69) is 20.1 Å². The van der Waals surface area contributed by atoms with Crippen LogP contribution in [0.15, 0.2) is 70.0 Å². The number of carbonyl (C=O) groups excluding carboxylic acids is 1. The van der Waals surface area contributed by atoms with Crippen molar-refractivity contribution in [3.63, 3.8) is 0 Å². The lowest BCUT2D eigenvalue weighted by molar-refractivity contribution is -0.274. The fourth-order valence-electron chi connectivity index (χ4n) is 3.74. The topological polar surface area (TPSA) is 147 Å². The Bertz CT molecular complexity index is 1650. The first-order valence-corrected chi connectivity index (χ1v) is 12.9. The van der Waals surface area contributed by atoms with Gasteiger partial charge in [0.1, 0.15) is 23.0 Å². The molecule has 0 bridgehead atoms. The third-order valence-corrected chi connectivity index (χ3v) is 7.01. The van der Waals surface area contributed by atoms with Crippen LogP contribution in [0.3, 0.4) is 0 Å². The normalized spacial score (nSPS) is 13.0. The maximum atomic E-state index is 12.8. The van der Waals surface area contributed by atoms with Crippen molar-refractivity contribution < 1.29 is 45.4 Å². The largest absolute Gasteiger partial charge is 0.573 e. The van der Waals surface area contributed by atoms with Crippen LogP contribution in [0.4, 0.5) is 29.3 Å². The number of fused-ring (bicyclic) bond motifs is 3. The number of benzene rings is 3. The molecule has 0 radical (unpaired) electrons. The van der Waals surface area contributed by atoms with Crippen molar-refractivity contribution >= 4 is 55.3 Å². The number of nitrogens with one attached hydrogen (secondary N) is 3. The van der Waals surface area contributed by atoms with Gasteiger partial charge in [0, 0.05) is 28.2 Å². The number of ether oxygens (including phenoxy) is 1. The summed E-state index contributed by atoms with van der Waals surface area (Å²) in [6, 6.07) is 11.5. The highest BCUT2D eigenvalue weighted by Gasteiger charge is 2.31. The SMILES string of the molecule is CC(C)[C@H](NS(=O)(=O)c1ccc2c(c1)oc1ccc(NC(=O)Nc3ccc(OC(F)(F)F)cc3)cc12)C(=O)O. The van der Waals surface area contributed by atoms with Crippen LogP contribution in [0, 0.1) is 5.92 Å². The summed E-state index contributed by atoms with van der Waals surface area (Å²) in [5, 5.41) is 15.5. The van der Waals surface area contributed by atoms with Crippen LogP contribution < -0.4 is 20.1 Å². The predicted molar refractivity (Wildman–Crippen MR) is 136 cm³/mol. The Morgan fingerprint density at radius 2 is 1.54 bits per heavy atom. The molecule has 0 saturated heterocycles. The number of carboxylic acids is 1. The molecule has 10 nitrogen and oxygen atoms in total. The molecule has 206 valence electrons. The molecule has 1 heterocycles. The molecule has 3 aromatic carbocycles. The second-order valence-corrected chi connectivity index (χ2v) is 10.5. The van der Waals surface area contributed by atoms with E-state index < -0.39 is 46.1 Å². The van der Waals surface area contributed by atoms with E-state index in [4.69, 9.17) is 4.42 Å². The van der Waals surface area contributed by atoms with Gasteiger partial charge in [-0.05, 0) is 60.5 Å². The van der Waals surface area contributed by atoms with Gasteiger partial charge < -0.3 is 24.9 Å². The first-order valence-electron chi connectivity index (χ1n) is 11.4. The zero-order valence-corrected chi connectivity index (χ0v) is 21.2. The Hall–Kier alpha value is -4.30. The Kier molecular flexibility index (Phi) is 7.44. The van der Waals surface area contributed by atoms with Gasteiger partial charge >= 0.3 is 18.4 Å². The molecule has 4 rings (SSSR count). The van der Waals surface area contributed by atoms with Gasteiger partial charge in [0.2, 0.25) is 10.0 Å². The Morgan fingerprint density at radius 1 is 0.897 bits per heavy atom. The first-order chi connectivity index (χ1) is 18.2. The van der Waals surface area contributed by atoms with Crippen molar-refractivity contribution in [3.8, 4) is 5.75 Å². The van der Waals surface area contributed by atoms with Crippen molar-refractivity contribution in [1.29, 1.82) is 0 Å². The maximum Gasteiger partial charge on any atom is 0.573 e. The Labute approximate surface area is 219 Å². The molecule has 0 aliphatic rings. The van der Waals surface area contributed by atoms with Crippen LogP contribution in [0.2, 0.25) is 0 Å². The molecule has 0 aliphatic carbocycles. The zero-order chi connectivity index (χ0) is 28.5. The number of hydrogen-bond acceptors (Lipinski definition) is 6. The van der Waals surface area contributed by atoms with Gasteiger partial charge in [-0.25, -0.2) is 13.2 Å². The number of furan rings is 1. The summed E-state index contributed by atoms with van der Waals surface area (Å²) >= 11 is 0. The number of anilines is 2. The number of carboxylic acid groups (broad SMARTS) is 1. The molecule has 39 heavy (non-hydrogen) atoms. The molecule has 4 N–H and O–H groups in total. The molecule has 14 heteroatoms. The van der Waals surface area contributed by atoms with Gasteiger partial charge in [-0.2, -0.15) is 4.72 Å². The van der Waals surface area contributed by atoms with E-state index in [0.717, 1.165) is 12.1 Å². The minimum absolute atomic E-state index is 0.176. The van der Waals surface area contributed by atoms with Crippen LogP contribution in [-0.2, 0) is 14.8 Å². The smallest absolute Gasteiger partial charge is 0.480 e. The number of hydrogen-bond donors (Lipinski definition) is 4. The number of halogens is 3. The Balaban J connectivity index is 1.51. The monoisotopic (exact) mass is 565 g/mol. The number of sulfonamides is 1. The summed E-state index contributed by atoms with van der Waals surface area (Å²) in [4.78, 5) is 23.7. The van der Waals surface area contributed by atoms with Crippen LogP contribution in [0.1, 0.15) is 13.8 Å². The second-order valence-electron chi connectivity index (χ2n) is 8.80. The van der Waals surface area contributed by atoms with E-state index in [-0.39, 0.29) is 16.2 Å². The van der Waals surface area contributed by atoms with Crippen molar-refractivity contribution in [2.75, 3.05) is 10.6 Å². The lowest BCUT2D eigenvalue weighted by Crippen LogP contribution is -2.44. The lowest BCUT2D eigenvalue weighted by atomic mass is 10.1. The van der Waals surface area contributed by atoms with Gasteiger partial charge in [0.15, 0.2) is 0 Å². The molecule has 0 aliphatic heterocycles. The predicted octanol–water partition coefficient (Wildman–Crippen LogP) is 5.52. The highest BCUT2D eigenvalue weighted by molar-refractivity contribution is 7.89. The molecule has 1 atom stereocenters. The summed E-state index contributed by atoms with van der Waals surface area (Å²) in [6.45, 7) is 3.16. The van der Waals surface area contributed by atoms with Crippen LogP contribution >= 0.6 is 0 Å². The Morgan fingerprint density at radius 3 is 2.15 bits per heavy atom. The molecule has 0 fully saturated rings. The summed E-state index contributed by atoms with van der Waals surface area (Å²) in [7, 11) is -4.16. The van der Waals surface area contributed by atoms with Gasteiger partial charge in [0.05, 0.1) is 4.90 Å². The zero-order valence-electron chi connectivity index (χ0n) is 20.4.